The number of sulfonamides is 1. The summed E-state index contributed by atoms with van der Waals surface area (Å²) in [7, 11) is -4.20. The van der Waals surface area contributed by atoms with Crippen molar-refractivity contribution < 1.29 is 13.2 Å². The van der Waals surface area contributed by atoms with E-state index < -0.39 is 21.2 Å². The standard InChI is InChI=1S/C13H10N6O3S/c20-12(17-11-6-3-7-15-18-11)19-23(21,22)13-14-8-9-4-1-2-5-10(9)16-13/h1-8H,(H2,17,18,19,20). The van der Waals surface area contributed by atoms with E-state index in [4.69, 9.17) is 0 Å². The molecule has 1 aromatic carbocycles. The largest absolute Gasteiger partial charge is 0.334 e. The predicted molar refractivity (Wildman–Crippen MR) is 80.9 cm³/mol. The zero-order valence-corrected chi connectivity index (χ0v) is 12.4. The number of amides is 2. The van der Waals surface area contributed by atoms with Gasteiger partial charge in [0.25, 0.3) is 5.16 Å². The molecule has 2 aromatic heterocycles. The van der Waals surface area contributed by atoms with Crippen molar-refractivity contribution in [3.63, 3.8) is 0 Å². The number of carbonyl (C=O) groups excluding carboxylic acids is 1. The maximum Gasteiger partial charge on any atom is 0.334 e. The van der Waals surface area contributed by atoms with E-state index in [1.54, 1.807) is 30.3 Å². The molecular weight excluding hydrogens is 320 g/mol. The summed E-state index contributed by atoms with van der Waals surface area (Å²) in [4.78, 5) is 19.4. The third-order valence-corrected chi connectivity index (χ3v) is 3.88. The number of hydrogen-bond donors (Lipinski definition) is 2. The lowest BCUT2D eigenvalue weighted by Crippen LogP contribution is -2.35. The summed E-state index contributed by atoms with van der Waals surface area (Å²) in [6.07, 6.45) is 2.79. The molecule has 0 unspecified atom stereocenters. The van der Waals surface area contributed by atoms with E-state index >= 15 is 0 Å². The number of anilines is 1. The van der Waals surface area contributed by atoms with Gasteiger partial charge in [-0.15, -0.1) is 5.10 Å². The van der Waals surface area contributed by atoms with Gasteiger partial charge in [-0.2, -0.15) is 13.5 Å². The predicted octanol–water partition coefficient (Wildman–Crippen LogP) is 0.930. The lowest BCUT2D eigenvalue weighted by molar-refractivity contribution is 0.256. The number of rotatable bonds is 3. The number of hydrogen-bond acceptors (Lipinski definition) is 7. The van der Waals surface area contributed by atoms with Crippen LogP contribution in [0.25, 0.3) is 10.9 Å². The first-order chi connectivity index (χ1) is 11.0. The van der Waals surface area contributed by atoms with Crippen LogP contribution in [0.5, 0.6) is 0 Å². The molecule has 0 aliphatic heterocycles. The van der Waals surface area contributed by atoms with Gasteiger partial charge >= 0.3 is 16.1 Å². The average molecular weight is 330 g/mol. The van der Waals surface area contributed by atoms with E-state index in [1.807, 2.05) is 4.72 Å². The van der Waals surface area contributed by atoms with Crippen molar-refractivity contribution in [3.8, 4) is 0 Å². The van der Waals surface area contributed by atoms with Gasteiger partial charge in [0.15, 0.2) is 5.82 Å². The molecule has 0 aliphatic carbocycles. The summed E-state index contributed by atoms with van der Waals surface area (Å²) in [6, 6.07) is 8.93. The van der Waals surface area contributed by atoms with Crippen LogP contribution in [0.3, 0.4) is 0 Å². The van der Waals surface area contributed by atoms with Gasteiger partial charge < -0.3 is 0 Å². The quantitative estimate of drug-likeness (QED) is 0.684. The van der Waals surface area contributed by atoms with E-state index in [-0.39, 0.29) is 5.82 Å². The fourth-order valence-electron chi connectivity index (χ4n) is 1.76. The Morgan fingerprint density at radius 3 is 2.70 bits per heavy atom. The zero-order valence-electron chi connectivity index (χ0n) is 11.5. The lowest BCUT2D eigenvalue weighted by Gasteiger charge is -2.07. The Morgan fingerprint density at radius 1 is 1.09 bits per heavy atom. The number of fused-ring (bicyclic) bond motifs is 1. The van der Waals surface area contributed by atoms with Crippen LogP contribution in [0.15, 0.2) is 53.9 Å². The molecule has 2 N–H and O–H groups in total. The molecule has 9 nitrogen and oxygen atoms in total. The molecule has 0 spiro atoms. The molecule has 116 valence electrons. The average Bonchev–Trinajstić information content (AvgIpc) is 2.54. The highest BCUT2D eigenvalue weighted by molar-refractivity contribution is 7.89. The number of nitrogens with zero attached hydrogens (tertiary/aromatic N) is 4. The van der Waals surface area contributed by atoms with Gasteiger partial charge in [-0.05, 0) is 18.2 Å². The van der Waals surface area contributed by atoms with Crippen molar-refractivity contribution in [2.45, 2.75) is 5.16 Å². The molecule has 0 aliphatic rings. The highest BCUT2D eigenvalue weighted by atomic mass is 32.2. The summed E-state index contributed by atoms with van der Waals surface area (Å²) in [5, 5.41) is 9.62. The van der Waals surface area contributed by atoms with Crippen LogP contribution >= 0.6 is 0 Å². The Morgan fingerprint density at radius 2 is 1.91 bits per heavy atom. The normalized spacial score (nSPS) is 11.1. The van der Waals surface area contributed by atoms with E-state index in [9.17, 15) is 13.2 Å². The Hall–Kier alpha value is -3.14. The maximum absolute atomic E-state index is 12.1. The Labute approximate surface area is 130 Å². The minimum atomic E-state index is -4.20. The van der Waals surface area contributed by atoms with Gasteiger partial charge in [0, 0.05) is 17.8 Å². The Bertz CT molecular complexity index is 962. The van der Waals surface area contributed by atoms with E-state index in [0.29, 0.717) is 10.9 Å². The smallest absolute Gasteiger partial charge is 0.290 e. The van der Waals surface area contributed by atoms with Gasteiger partial charge in [0.1, 0.15) is 0 Å². The Kier molecular flexibility index (Phi) is 3.81. The first-order valence-electron chi connectivity index (χ1n) is 6.38. The molecule has 10 heteroatoms. The number of aromatic nitrogens is 4. The van der Waals surface area contributed by atoms with Crippen LogP contribution in [0.2, 0.25) is 0 Å². The summed E-state index contributed by atoms with van der Waals surface area (Å²) in [6.45, 7) is 0. The second kappa shape index (κ2) is 5.93. The molecule has 3 aromatic rings. The van der Waals surface area contributed by atoms with Crippen molar-refractivity contribution in [2.75, 3.05) is 5.32 Å². The van der Waals surface area contributed by atoms with Crippen molar-refractivity contribution >= 4 is 32.8 Å². The van der Waals surface area contributed by atoms with Gasteiger partial charge in [-0.1, -0.05) is 18.2 Å². The van der Waals surface area contributed by atoms with E-state index in [0.717, 1.165) is 0 Å². The molecule has 0 saturated carbocycles. The Balaban J connectivity index is 1.81. The SMILES string of the molecule is O=C(Nc1cccnn1)NS(=O)(=O)c1ncc2ccccc2n1. The van der Waals surface area contributed by atoms with Gasteiger partial charge in [-0.25, -0.2) is 19.5 Å². The van der Waals surface area contributed by atoms with Crippen LogP contribution in [0.1, 0.15) is 0 Å². The fourth-order valence-corrected chi connectivity index (χ4v) is 2.56. The van der Waals surface area contributed by atoms with Gasteiger partial charge in [-0.3, -0.25) is 5.32 Å². The molecule has 0 saturated heterocycles. The maximum atomic E-state index is 12.1. The van der Waals surface area contributed by atoms with Crippen molar-refractivity contribution in [1.82, 2.24) is 24.9 Å². The van der Waals surface area contributed by atoms with Crippen LogP contribution in [-0.2, 0) is 10.0 Å². The molecular formula is C13H10N6O3S. The first kappa shape index (κ1) is 14.8. The van der Waals surface area contributed by atoms with Crippen LogP contribution in [0.4, 0.5) is 10.6 Å². The molecule has 0 atom stereocenters. The molecule has 23 heavy (non-hydrogen) atoms. The molecule has 0 radical (unpaired) electrons. The third kappa shape index (κ3) is 3.37. The van der Waals surface area contributed by atoms with Crippen molar-refractivity contribution in [2.24, 2.45) is 0 Å². The summed E-state index contributed by atoms with van der Waals surface area (Å²) >= 11 is 0. The minimum absolute atomic E-state index is 0.111. The molecule has 2 heterocycles. The van der Waals surface area contributed by atoms with E-state index in [1.165, 1.54) is 18.5 Å². The number of benzene rings is 1. The number of para-hydroxylation sites is 1. The summed E-state index contributed by atoms with van der Waals surface area (Å²) in [5.74, 6) is 0.111. The highest BCUT2D eigenvalue weighted by Crippen LogP contribution is 2.12. The minimum Gasteiger partial charge on any atom is -0.290 e. The monoisotopic (exact) mass is 330 g/mol. The zero-order chi connectivity index (χ0) is 16.3. The second-order valence-corrected chi connectivity index (χ2v) is 5.96. The summed E-state index contributed by atoms with van der Waals surface area (Å²) in [5.41, 5.74) is 0.456. The third-order valence-electron chi connectivity index (χ3n) is 2.75. The van der Waals surface area contributed by atoms with Crippen LogP contribution in [-0.4, -0.2) is 34.6 Å². The fraction of sp³-hybridized carbons (Fsp3) is 0. The number of nitrogens with one attached hydrogen (secondary N) is 2. The second-order valence-electron chi connectivity index (χ2n) is 4.38. The summed E-state index contributed by atoms with van der Waals surface area (Å²) < 4.78 is 26.1. The molecule has 0 fully saturated rings. The molecule has 2 amide bonds. The lowest BCUT2D eigenvalue weighted by atomic mass is 10.2. The van der Waals surface area contributed by atoms with Gasteiger partial charge in [0.05, 0.1) is 5.52 Å². The van der Waals surface area contributed by atoms with E-state index in [2.05, 4.69) is 25.5 Å². The van der Waals surface area contributed by atoms with Crippen LogP contribution in [0, 0.1) is 0 Å². The highest BCUT2D eigenvalue weighted by Gasteiger charge is 2.21. The topological polar surface area (TPSA) is 127 Å². The number of carbonyl (C=O) groups is 1. The van der Waals surface area contributed by atoms with Gasteiger partial charge in [0.2, 0.25) is 0 Å². The van der Waals surface area contributed by atoms with Crippen molar-refractivity contribution in [3.05, 3.63) is 48.8 Å². The van der Waals surface area contributed by atoms with Crippen molar-refractivity contribution in [1.29, 1.82) is 0 Å². The number of urea groups is 1. The van der Waals surface area contributed by atoms with Crippen LogP contribution < -0.4 is 10.0 Å². The molecule has 0 bridgehead atoms. The molecule has 3 rings (SSSR count). The first-order valence-corrected chi connectivity index (χ1v) is 7.86.